The number of Topliss-reactive ketones (excluding diaryl/α,β-unsaturated/α-hetero) is 2. The zero-order chi connectivity index (χ0) is 26.1. The van der Waals surface area contributed by atoms with Crippen molar-refractivity contribution >= 4 is 45.5 Å². The van der Waals surface area contributed by atoms with Crippen LogP contribution in [0.4, 0.5) is 0 Å². The minimum atomic E-state index is 0.0522. The van der Waals surface area contributed by atoms with E-state index in [0.717, 1.165) is 36.1 Å². The molecule has 1 N–H and O–H groups in total. The van der Waals surface area contributed by atoms with Crippen LogP contribution in [0.3, 0.4) is 0 Å². The van der Waals surface area contributed by atoms with E-state index < -0.39 is 0 Å². The predicted octanol–water partition coefficient (Wildman–Crippen LogP) is 7.70. The molecule has 5 nitrogen and oxygen atoms in total. The van der Waals surface area contributed by atoms with E-state index in [1.54, 1.807) is 18.2 Å². The summed E-state index contributed by atoms with van der Waals surface area (Å²) in [4.78, 5) is 31.7. The van der Waals surface area contributed by atoms with Crippen LogP contribution in [0.5, 0.6) is 5.75 Å². The standard InChI is InChI=1S/C30H27ClN2O3S/c1-3-21-12-14-28(37-21)27(36)16-18-7-5-8-20(15-18)33-24-13-11-19(25(34)4-2)17-23(24)32-30(33)29-22(31)9-6-10-26(29)35/h1,6,9-14,17-18,20,35H,4-5,7-8,15-16H2,2H3/t18-,20+/m1/s1. The summed E-state index contributed by atoms with van der Waals surface area (Å²) in [6.45, 7) is 1.84. The molecule has 2 aromatic carbocycles. The SMILES string of the molecule is C#Cc1ccc(C(=O)C[C@@H]2CCC[C@H](n3c(-c4c(O)cccc4Cl)nc4cc(C(=O)CC)ccc43)C2)s1. The minimum absolute atomic E-state index is 0.0522. The minimum Gasteiger partial charge on any atom is -0.507 e. The molecule has 1 aliphatic rings. The number of carbonyl (C=O) groups excluding carboxylic acids is 2. The number of hydrogen-bond acceptors (Lipinski definition) is 5. The van der Waals surface area contributed by atoms with E-state index in [1.807, 2.05) is 37.3 Å². The van der Waals surface area contributed by atoms with Gasteiger partial charge in [0, 0.05) is 24.4 Å². The van der Waals surface area contributed by atoms with E-state index in [9.17, 15) is 14.7 Å². The lowest BCUT2D eigenvalue weighted by molar-refractivity contribution is 0.0944. The van der Waals surface area contributed by atoms with Gasteiger partial charge in [-0.05, 0) is 67.6 Å². The number of halogens is 1. The Balaban J connectivity index is 1.53. The predicted molar refractivity (Wildman–Crippen MR) is 149 cm³/mol. The van der Waals surface area contributed by atoms with Gasteiger partial charge in [0.1, 0.15) is 11.6 Å². The van der Waals surface area contributed by atoms with Gasteiger partial charge in [0.2, 0.25) is 0 Å². The quantitative estimate of drug-likeness (QED) is 0.196. The van der Waals surface area contributed by atoms with Crippen LogP contribution in [0.15, 0.2) is 48.5 Å². The smallest absolute Gasteiger partial charge is 0.173 e. The van der Waals surface area contributed by atoms with Crippen LogP contribution >= 0.6 is 22.9 Å². The number of nitrogens with zero attached hydrogens (tertiary/aromatic N) is 2. The molecule has 0 bridgehead atoms. The molecule has 1 aliphatic carbocycles. The largest absolute Gasteiger partial charge is 0.507 e. The second-order valence-corrected chi connectivity index (χ2v) is 11.0. The summed E-state index contributed by atoms with van der Waals surface area (Å²) < 4.78 is 2.15. The molecule has 0 radical (unpaired) electrons. The molecule has 0 unspecified atom stereocenters. The average molecular weight is 531 g/mol. The Morgan fingerprint density at radius 2 is 2.03 bits per heavy atom. The first-order chi connectivity index (χ1) is 17.9. The Kier molecular flexibility index (Phi) is 7.19. The first-order valence-electron chi connectivity index (χ1n) is 12.5. The Bertz CT molecular complexity index is 1520. The lowest BCUT2D eigenvalue weighted by atomic mass is 9.82. The molecule has 188 valence electrons. The van der Waals surface area contributed by atoms with Crippen molar-refractivity contribution in [2.45, 2.75) is 51.5 Å². The molecule has 2 atom stereocenters. The molecule has 2 heterocycles. The number of carbonyl (C=O) groups is 2. The molecule has 0 aliphatic heterocycles. The highest BCUT2D eigenvalue weighted by Gasteiger charge is 2.30. The number of phenolic OH excluding ortho intramolecular Hbond substituents is 1. The van der Waals surface area contributed by atoms with Gasteiger partial charge in [-0.15, -0.1) is 17.8 Å². The van der Waals surface area contributed by atoms with Gasteiger partial charge in [-0.2, -0.15) is 0 Å². The molecule has 7 heteroatoms. The second kappa shape index (κ2) is 10.5. The number of phenols is 1. The third-order valence-electron chi connectivity index (χ3n) is 7.17. The fraction of sp³-hybridized carbons (Fsp3) is 0.300. The molecule has 1 saturated carbocycles. The summed E-state index contributed by atoms with van der Waals surface area (Å²) >= 11 is 7.93. The Morgan fingerprint density at radius 1 is 1.19 bits per heavy atom. The summed E-state index contributed by atoms with van der Waals surface area (Å²) in [5.41, 5.74) is 2.66. The molecule has 4 aromatic rings. The first-order valence-corrected chi connectivity index (χ1v) is 13.7. The number of hydrogen-bond donors (Lipinski definition) is 1. The van der Waals surface area contributed by atoms with E-state index in [2.05, 4.69) is 10.5 Å². The zero-order valence-corrected chi connectivity index (χ0v) is 22.1. The molecule has 0 saturated heterocycles. The van der Waals surface area contributed by atoms with Crippen molar-refractivity contribution < 1.29 is 14.7 Å². The van der Waals surface area contributed by atoms with Crippen molar-refractivity contribution in [1.82, 2.24) is 9.55 Å². The Hall–Kier alpha value is -3.40. The van der Waals surface area contributed by atoms with Gasteiger partial charge in [-0.25, -0.2) is 4.98 Å². The average Bonchev–Trinajstić information content (AvgIpc) is 3.53. The van der Waals surface area contributed by atoms with Crippen molar-refractivity contribution in [2.24, 2.45) is 5.92 Å². The van der Waals surface area contributed by atoms with Crippen LogP contribution in [0.2, 0.25) is 5.02 Å². The number of rotatable bonds is 7. The van der Waals surface area contributed by atoms with Crippen LogP contribution in [-0.4, -0.2) is 26.2 Å². The van der Waals surface area contributed by atoms with Crippen LogP contribution < -0.4 is 0 Å². The summed E-state index contributed by atoms with van der Waals surface area (Å²) in [6.07, 6.45) is 10.0. The van der Waals surface area contributed by atoms with Gasteiger partial charge in [-0.3, -0.25) is 9.59 Å². The highest BCUT2D eigenvalue weighted by atomic mass is 35.5. The van der Waals surface area contributed by atoms with E-state index in [-0.39, 0.29) is 29.3 Å². The van der Waals surface area contributed by atoms with Crippen LogP contribution in [0.1, 0.15) is 76.4 Å². The summed E-state index contributed by atoms with van der Waals surface area (Å²) in [6, 6.07) is 14.3. The summed E-state index contributed by atoms with van der Waals surface area (Å²) in [7, 11) is 0. The van der Waals surface area contributed by atoms with Gasteiger partial charge in [0.25, 0.3) is 0 Å². The van der Waals surface area contributed by atoms with Gasteiger partial charge >= 0.3 is 0 Å². The fourth-order valence-corrected chi connectivity index (χ4v) is 6.39. The van der Waals surface area contributed by atoms with E-state index in [4.69, 9.17) is 23.0 Å². The molecular weight excluding hydrogens is 504 g/mol. The number of terminal acetylenes is 1. The number of aromatic nitrogens is 2. The van der Waals surface area contributed by atoms with Crippen molar-refractivity contribution in [3.05, 3.63) is 68.9 Å². The lowest BCUT2D eigenvalue weighted by Crippen LogP contribution is -2.22. The Morgan fingerprint density at radius 3 is 2.76 bits per heavy atom. The molecule has 5 rings (SSSR count). The van der Waals surface area contributed by atoms with Crippen LogP contribution in [0, 0.1) is 18.3 Å². The van der Waals surface area contributed by atoms with Gasteiger partial charge in [0.15, 0.2) is 11.6 Å². The zero-order valence-electron chi connectivity index (χ0n) is 20.5. The van der Waals surface area contributed by atoms with Crippen molar-refractivity contribution in [3.8, 4) is 29.5 Å². The lowest BCUT2D eigenvalue weighted by Gasteiger charge is -2.31. The number of benzene rings is 2. The number of ketones is 2. The highest BCUT2D eigenvalue weighted by molar-refractivity contribution is 7.14. The topological polar surface area (TPSA) is 72.2 Å². The third-order valence-corrected chi connectivity index (χ3v) is 8.54. The fourth-order valence-electron chi connectivity index (χ4n) is 5.37. The molecule has 37 heavy (non-hydrogen) atoms. The molecule has 1 fully saturated rings. The Labute approximate surface area is 225 Å². The van der Waals surface area contributed by atoms with E-state index in [1.165, 1.54) is 11.3 Å². The molecule has 0 amide bonds. The number of fused-ring (bicyclic) bond motifs is 1. The highest BCUT2D eigenvalue weighted by Crippen LogP contribution is 2.43. The van der Waals surface area contributed by atoms with Crippen molar-refractivity contribution in [2.75, 3.05) is 0 Å². The number of thiophene rings is 1. The molecular formula is C30H27ClN2O3S. The maximum Gasteiger partial charge on any atom is 0.173 e. The van der Waals surface area contributed by atoms with Gasteiger partial charge < -0.3 is 9.67 Å². The number of aromatic hydroxyl groups is 1. The van der Waals surface area contributed by atoms with Gasteiger partial charge in [-0.1, -0.05) is 36.9 Å². The number of imidazole rings is 1. The maximum absolute atomic E-state index is 13.0. The summed E-state index contributed by atoms with van der Waals surface area (Å²) in [5, 5.41) is 11.2. The van der Waals surface area contributed by atoms with E-state index >= 15 is 0 Å². The van der Waals surface area contributed by atoms with Gasteiger partial charge in [0.05, 0.1) is 31.4 Å². The second-order valence-electron chi connectivity index (χ2n) is 9.54. The first kappa shape index (κ1) is 25.3. The third kappa shape index (κ3) is 4.94. The van der Waals surface area contributed by atoms with E-state index in [0.29, 0.717) is 45.2 Å². The van der Waals surface area contributed by atoms with Crippen LogP contribution in [-0.2, 0) is 0 Å². The summed E-state index contributed by atoms with van der Waals surface area (Å²) in [5.74, 6) is 3.62. The molecule has 0 spiro atoms. The normalized spacial score (nSPS) is 17.5. The van der Waals surface area contributed by atoms with Crippen molar-refractivity contribution in [1.29, 1.82) is 0 Å². The maximum atomic E-state index is 13.0. The van der Waals surface area contributed by atoms with Crippen molar-refractivity contribution in [3.63, 3.8) is 0 Å². The van der Waals surface area contributed by atoms with Crippen LogP contribution in [0.25, 0.3) is 22.4 Å². The monoisotopic (exact) mass is 530 g/mol. The molecule has 2 aromatic heterocycles.